The van der Waals surface area contributed by atoms with Gasteiger partial charge in [-0.1, -0.05) is 19.6 Å². The van der Waals surface area contributed by atoms with Gasteiger partial charge in [0, 0.05) is 68.8 Å². The molecule has 2 aliphatic rings. The molecule has 0 N–H and O–H groups in total. The molecule has 36 heavy (non-hydrogen) atoms. The Morgan fingerprint density at radius 3 is 2.69 bits per heavy atom. The summed E-state index contributed by atoms with van der Waals surface area (Å²) in [4.78, 5) is 19.3. The second-order valence-corrected chi connectivity index (χ2v) is 18.2. The number of pyridine rings is 1. The van der Waals surface area contributed by atoms with Crippen molar-refractivity contribution in [2.45, 2.75) is 83.6 Å². The fourth-order valence-electron chi connectivity index (χ4n) is 5.23. The van der Waals surface area contributed by atoms with E-state index in [0.717, 1.165) is 60.9 Å². The molecule has 194 valence electrons. The Balaban J connectivity index is 1.30. The van der Waals surface area contributed by atoms with Crippen LogP contribution in [0.3, 0.4) is 0 Å². The molecule has 8 nitrogen and oxygen atoms in total. The normalized spacial score (nSPS) is 20.0. The van der Waals surface area contributed by atoms with E-state index >= 15 is 0 Å². The molecule has 1 atom stereocenters. The Kier molecular flexibility index (Phi) is 6.27. The zero-order valence-corrected chi connectivity index (χ0v) is 23.5. The molecule has 0 aromatic carbocycles. The van der Waals surface area contributed by atoms with Crippen molar-refractivity contribution in [1.82, 2.24) is 24.2 Å². The van der Waals surface area contributed by atoms with Gasteiger partial charge >= 0.3 is 6.09 Å². The molecule has 1 unspecified atom stereocenters. The van der Waals surface area contributed by atoms with Crippen LogP contribution in [0, 0.1) is 0 Å². The van der Waals surface area contributed by atoms with Crippen molar-refractivity contribution in [1.29, 1.82) is 0 Å². The Bertz CT molecular complexity index is 1270. The summed E-state index contributed by atoms with van der Waals surface area (Å²) in [6, 6.07) is 7.61. The van der Waals surface area contributed by atoms with Gasteiger partial charge in [0.15, 0.2) is 0 Å². The molecule has 1 amide bonds. The minimum absolute atomic E-state index is 0.0454. The van der Waals surface area contributed by atoms with Crippen LogP contribution in [0.25, 0.3) is 22.3 Å². The van der Waals surface area contributed by atoms with Crippen molar-refractivity contribution >= 4 is 25.2 Å². The van der Waals surface area contributed by atoms with Crippen LogP contribution in [0.2, 0.25) is 25.7 Å². The summed E-state index contributed by atoms with van der Waals surface area (Å²) in [5, 5.41) is 6.01. The molecule has 3 aromatic heterocycles. The van der Waals surface area contributed by atoms with Crippen molar-refractivity contribution in [2.75, 3.05) is 19.7 Å². The van der Waals surface area contributed by atoms with Crippen molar-refractivity contribution in [3.63, 3.8) is 0 Å². The van der Waals surface area contributed by atoms with Crippen molar-refractivity contribution in [3.05, 3.63) is 36.3 Å². The maximum atomic E-state index is 12.7. The van der Waals surface area contributed by atoms with E-state index in [2.05, 4.69) is 47.1 Å². The maximum Gasteiger partial charge on any atom is 0.410 e. The van der Waals surface area contributed by atoms with Gasteiger partial charge in [0.2, 0.25) is 0 Å². The van der Waals surface area contributed by atoms with Crippen LogP contribution in [0.4, 0.5) is 4.79 Å². The fraction of sp³-hybridized carbons (Fsp3) is 0.593. The van der Waals surface area contributed by atoms with Gasteiger partial charge in [-0.05, 0) is 57.9 Å². The average Bonchev–Trinajstić information content (AvgIpc) is 3.54. The number of carbonyl (C=O) groups excluding carboxylic acids is 1. The van der Waals surface area contributed by atoms with Gasteiger partial charge in [0.05, 0.1) is 5.69 Å². The highest BCUT2D eigenvalue weighted by Gasteiger charge is 2.47. The van der Waals surface area contributed by atoms with E-state index in [-0.39, 0.29) is 11.5 Å². The van der Waals surface area contributed by atoms with Crippen LogP contribution in [-0.2, 0) is 28.2 Å². The van der Waals surface area contributed by atoms with E-state index in [1.54, 1.807) is 0 Å². The zero-order chi connectivity index (χ0) is 25.7. The van der Waals surface area contributed by atoms with E-state index in [0.29, 0.717) is 13.3 Å². The summed E-state index contributed by atoms with van der Waals surface area (Å²) in [6.07, 6.45) is 5.68. The molecule has 5 heterocycles. The van der Waals surface area contributed by atoms with Crippen LogP contribution in [0.5, 0.6) is 0 Å². The van der Waals surface area contributed by atoms with Crippen LogP contribution < -0.4 is 0 Å². The van der Waals surface area contributed by atoms with Crippen LogP contribution >= 0.6 is 0 Å². The Labute approximate surface area is 214 Å². The summed E-state index contributed by atoms with van der Waals surface area (Å²) in [5.74, 6) is 0. The quantitative estimate of drug-likeness (QED) is 0.324. The van der Waals surface area contributed by atoms with Crippen LogP contribution in [0.1, 0.15) is 39.3 Å². The number of ether oxygens (including phenoxy) is 2. The van der Waals surface area contributed by atoms with Gasteiger partial charge in [0.1, 0.15) is 18.0 Å². The number of nitrogens with zero attached hydrogens (tertiary/aromatic N) is 5. The lowest BCUT2D eigenvalue weighted by molar-refractivity contribution is 0.0284. The molecule has 9 heteroatoms. The molecule has 0 aliphatic carbocycles. The average molecular weight is 510 g/mol. The summed E-state index contributed by atoms with van der Waals surface area (Å²) >= 11 is 0. The number of carbonyl (C=O) groups is 1. The van der Waals surface area contributed by atoms with Gasteiger partial charge in [-0.2, -0.15) is 5.10 Å². The van der Waals surface area contributed by atoms with E-state index < -0.39 is 13.7 Å². The molecular formula is C27H39N5O3Si. The molecule has 3 aromatic rings. The minimum atomic E-state index is -1.09. The Morgan fingerprint density at radius 1 is 1.17 bits per heavy atom. The van der Waals surface area contributed by atoms with E-state index in [4.69, 9.17) is 19.6 Å². The molecule has 0 saturated carbocycles. The standard InChI is InChI=1S/C27H39N5O3Si/c1-26(2,3)35-25(33)30-11-8-27(18-30)9-12-32-23(27)16-22(29-32)21-15-20-7-10-31(24(20)28-17-21)19-34-13-14-36(4,5)6/h7,10,15-17H,8-9,11-14,18-19H2,1-6H3. The number of amides is 1. The second-order valence-electron chi connectivity index (χ2n) is 12.6. The highest BCUT2D eigenvalue weighted by Crippen LogP contribution is 2.44. The van der Waals surface area contributed by atoms with Gasteiger partial charge in [0.25, 0.3) is 0 Å². The number of hydrogen-bond acceptors (Lipinski definition) is 5. The predicted molar refractivity (Wildman–Crippen MR) is 144 cm³/mol. The molecule has 1 spiro atoms. The lowest BCUT2D eigenvalue weighted by Gasteiger charge is -2.26. The largest absolute Gasteiger partial charge is 0.444 e. The number of fused-ring (bicyclic) bond motifs is 3. The zero-order valence-electron chi connectivity index (χ0n) is 22.5. The number of likely N-dealkylation sites (tertiary alicyclic amines) is 1. The van der Waals surface area contributed by atoms with Gasteiger partial charge in [-0.3, -0.25) is 4.68 Å². The minimum Gasteiger partial charge on any atom is -0.444 e. The third-order valence-electron chi connectivity index (χ3n) is 7.25. The van der Waals surface area contributed by atoms with Crippen molar-refractivity contribution in [2.24, 2.45) is 0 Å². The summed E-state index contributed by atoms with van der Waals surface area (Å²) < 4.78 is 15.7. The number of hydrogen-bond donors (Lipinski definition) is 0. The first-order valence-electron chi connectivity index (χ1n) is 13.0. The van der Waals surface area contributed by atoms with Crippen molar-refractivity contribution < 1.29 is 14.3 Å². The fourth-order valence-corrected chi connectivity index (χ4v) is 5.99. The smallest absolute Gasteiger partial charge is 0.410 e. The summed E-state index contributed by atoms with van der Waals surface area (Å²) in [6.45, 7) is 16.4. The highest BCUT2D eigenvalue weighted by molar-refractivity contribution is 6.76. The third kappa shape index (κ3) is 5.09. The van der Waals surface area contributed by atoms with E-state index in [1.165, 1.54) is 5.69 Å². The number of aromatic nitrogens is 4. The van der Waals surface area contributed by atoms with Gasteiger partial charge in [-0.25, -0.2) is 9.78 Å². The first kappa shape index (κ1) is 25.0. The number of aryl methyl sites for hydroxylation is 1. The van der Waals surface area contributed by atoms with E-state index in [9.17, 15) is 4.79 Å². The van der Waals surface area contributed by atoms with Crippen LogP contribution in [0.15, 0.2) is 30.6 Å². The van der Waals surface area contributed by atoms with Gasteiger partial charge in [-0.15, -0.1) is 0 Å². The molecular weight excluding hydrogens is 470 g/mol. The Hall–Kier alpha value is -2.65. The first-order valence-corrected chi connectivity index (χ1v) is 16.7. The number of rotatable bonds is 6. The molecule has 5 rings (SSSR count). The second kappa shape index (κ2) is 9.02. The lowest BCUT2D eigenvalue weighted by atomic mass is 9.82. The first-order chi connectivity index (χ1) is 16.9. The molecule has 1 fully saturated rings. The van der Waals surface area contributed by atoms with E-state index in [1.807, 2.05) is 38.1 Å². The molecule has 1 saturated heterocycles. The Morgan fingerprint density at radius 2 is 1.94 bits per heavy atom. The van der Waals surface area contributed by atoms with Crippen LogP contribution in [-0.4, -0.2) is 63.7 Å². The molecule has 2 aliphatic heterocycles. The highest BCUT2D eigenvalue weighted by atomic mass is 28.3. The monoisotopic (exact) mass is 509 g/mol. The molecule has 0 bridgehead atoms. The SMILES string of the molecule is CC(C)(C)OC(=O)N1CCC2(CCn3nc(-c4cnc5c(ccn5COCC[Si](C)(C)C)c4)cc32)C1. The third-order valence-corrected chi connectivity index (χ3v) is 8.96. The lowest BCUT2D eigenvalue weighted by Crippen LogP contribution is -2.37. The topological polar surface area (TPSA) is 74.4 Å². The van der Waals surface area contributed by atoms with Gasteiger partial charge < -0.3 is 18.9 Å². The summed E-state index contributed by atoms with van der Waals surface area (Å²) in [7, 11) is -1.09. The predicted octanol–water partition coefficient (Wildman–Crippen LogP) is 5.49. The maximum absolute atomic E-state index is 12.7. The van der Waals surface area contributed by atoms with Crippen molar-refractivity contribution in [3.8, 4) is 11.3 Å². The molecule has 0 radical (unpaired) electrons. The summed E-state index contributed by atoms with van der Waals surface area (Å²) in [5.41, 5.74) is 3.57.